The van der Waals surface area contributed by atoms with Crippen molar-refractivity contribution < 1.29 is 19.1 Å². The Hall–Kier alpha value is -3.17. The summed E-state index contributed by atoms with van der Waals surface area (Å²) in [5.41, 5.74) is 2.31. The van der Waals surface area contributed by atoms with Gasteiger partial charge in [0.25, 0.3) is 5.91 Å². The number of nitrogens with one attached hydrogen (secondary N) is 1. The molecule has 1 aliphatic heterocycles. The number of fused-ring (bicyclic) bond motifs is 1. The fraction of sp³-hybridized carbons (Fsp3) is 0.417. The number of aryl methyl sites for hydroxylation is 1. The molecule has 0 aliphatic carbocycles. The van der Waals surface area contributed by atoms with E-state index in [2.05, 4.69) is 20.3 Å². The minimum atomic E-state index is -0.781. The maximum atomic E-state index is 13.0. The van der Waals surface area contributed by atoms with Gasteiger partial charge >= 0.3 is 5.97 Å². The molecule has 1 fully saturated rings. The highest BCUT2D eigenvalue weighted by Gasteiger charge is 2.26. The smallest absolute Gasteiger partial charge is 0.320 e. The summed E-state index contributed by atoms with van der Waals surface area (Å²) in [5, 5.41) is 8.05. The predicted octanol–water partition coefficient (Wildman–Crippen LogP) is 2.76. The van der Waals surface area contributed by atoms with Crippen molar-refractivity contribution in [2.24, 2.45) is 7.05 Å². The summed E-state index contributed by atoms with van der Waals surface area (Å²) < 4.78 is 12.2. The molecule has 0 bridgehead atoms. The standard InChI is InChI=1S/C24H28ClN5O4/c1-24(2,15-34-21(31)13-25)27-23(32)22-18-6-4-16(12-19(18)29(3)28-22)17-5-7-20(26-14-17)30-8-10-33-11-9-30/h4-7,12,14H,8-11,13,15H2,1-3H3,(H,27,32). The SMILES string of the molecule is Cn1nc(C(=O)NC(C)(C)COC(=O)CCl)c2ccc(-c3ccc(N4CCOCC4)nc3)cc21. The quantitative estimate of drug-likeness (QED) is 0.406. The van der Waals surface area contributed by atoms with Crippen LogP contribution in [0.1, 0.15) is 24.3 Å². The molecule has 1 saturated heterocycles. The van der Waals surface area contributed by atoms with Crippen LogP contribution in [0.3, 0.4) is 0 Å². The monoisotopic (exact) mass is 485 g/mol. The van der Waals surface area contributed by atoms with E-state index in [-0.39, 0.29) is 18.4 Å². The molecule has 0 radical (unpaired) electrons. The van der Waals surface area contributed by atoms with Crippen molar-refractivity contribution in [3.05, 3.63) is 42.2 Å². The predicted molar refractivity (Wildman–Crippen MR) is 130 cm³/mol. The van der Waals surface area contributed by atoms with E-state index in [0.717, 1.165) is 40.9 Å². The van der Waals surface area contributed by atoms with Gasteiger partial charge in [0.15, 0.2) is 5.69 Å². The molecule has 1 amide bonds. The van der Waals surface area contributed by atoms with Crippen molar-refractivity contribution in [2.45, 2.75) is 19.4 Å². The lowest BCUT2D eigenvalue weighted by molar-refractivity contribution is -0.142. The summed E-state index contributed by atoms with van der Waals surface area (Å²) in [7, 11) is 1.80. The zero-order chi connectivity index (χ0) is 24.3. The van der Waals surface area contributed by atoms with E-state index in [1.807, 2.05) is 36.5 Å². The second kappa shape index (κ2) is 9.99. The maximum absolute atomic E-state index is 13.0. The Balaban J connectivity index is 1.52. The van der Waals surface area contributed by atoms with Gasteiger partial charge in [-0.25, -0.2) is 4.98 Å². The topological polar surface area (TPSA) is 98.6 Å². The van der Waals surface area contributed by atoms with Gasteiger partial charge in [0, 0.05) is 37.3 Å². The van der Waals surface area contributed by atoms with Gasteiger partial charge < -0.3 is 19.7 Å². The highest BCUT2D eigenvalue weighted by atomic mass is 35.5. The third-order valence-corrected chi connectivity index (χ3v) is 5.86. The Bertz CT molecular complexity index is 1190. The largest absolute Gasteiger partial charge is 0.462 e. The second-order valence-electron chi connectivity index (χ2n) is 8.84. The number of alkyl halides is 1. The highest BCUT2D eigenvalue weighted by Crippen LogP contribution is 2.27. The van der Waals surface area contributed by atoms with Gasteiger partial charge in [0.2, 0.25) is 0 Å². The molecular weight excluding hydrogens is 458 g/mol. The zero-order valence-corrected chi connectivity index (χ0v) is 20.3. The van der Waals surface area contributed by atoms with Crippen LogP contribution in [0, 0.1) is 0 Å². The molecule has 4 rings (SSSR count). The Morgan fingerprint density at radius 1 is 1.18 bits per heavy atom. The lowest BCUT2D eigenvalue weighted by Crippen LogP contribution is -2.47. The molecule has 1 aromatic carbocycles. The average Bonchev–Trinajstić information content (AvgIpc) is 3.19. The minimum absolute atomic E-state index is 0.00660. The molecule has 10 heteroatoms. The number of benzene rings is 1. The van der Waals surface area contributed by atoms with E-state index in [0.29, 0.717) is 18.9 Å². The first kappa shape index (κ1) is 24.0. The number of hydrogen-bond donors (Lipinski definition) is 1. The van der Waals surface area contributed by atoms with Crippen LogP contribution in [-0.4, -0.2) is 71.0 Å². The summed E-state index contributed by atoms with van der Waals surface area (Å²) in [5.74, 6) is -0.177. The van der Waals surface area contributed by atoms with E-state index < -0.39 is 11.5 Å². The number of ether oxygens (including phenoxy) is 2. The number of pyridine rings is 1. The Labute approximate surface area is 203 Å². The first-order chi connectivity index (χ1) is 16.3. The lowest BCUT2D eigenvalue weighted by atomic mass is 10.0. The first-order valence-corrected chi connectivity index (χ1v) is 11.6. The summed E-state index contributed by atoms with van der Waals surface area (Å²) in [6, 6.07) is 9.92. The van der Waals surface area contributed by atoms with E-state index >= 15 is 0 Å². The number of hydrogen-bond acceptors (Lipinski definition) is 7. The van der Waals surface area contributed by atoms with Gasteiger partial charge in [-0.15, -0.1) is 11.6 Å². The van der Waals surface area contributed by atoms with E-state index in [4.69, 9.17) is 21.1 Å². The number of halogens is 1. The lowest BCUT2D eigenvalue weighted by Gasteiger charge is -2.27. The van der Waals surface area contributed by atoms with Crippen LogP contribution in [0.15, 0.2) is 36.5 Å². The molecule has 2 aromatic heterocycles. The van der Waals surface area contributed by atoms with Crippen LogP contribution in [0.5, 0.6) is 0 Å². The van der Waals surface area contributed by atoms with Gasteiger partial charge in [-0.05, 0) is 43.7 Å². The molecule has 1 N–H and O–H groups in total. The minimum Gasteiger partial charge on any atom is -0.462 e. The third kappa shape index (κ3) is 5.31. The molecule has 9 nitrogen and oxygen atoms in total. The van der Waals surface area contributed by atoms with Crippen LogP contribution in [0.25, 0.3) is 22.0 Å². The molecule has 3 heterocycles. The van der Waals surface area contributed by atoms with Crippen LogP contribution in [-0.2, 0) is 21.3 Å². The van der Waals surface area contributed by atoms with Crippen molar-refractivity contribution in [2.75, 3.05) is 43.7 Å². The van der Waals surface area contributed by atoms with Crippen molar-refractivity contribution in [1.82, 2.24) is 20.1 Å². The molecule has 0 unspecified atom stereocenters. The fourth-order valence-corrected chi connectivity index (χ4v) is 3.92. The van der Waals surface area contributed by atoms with Crippen LogP contribution in [0.2, 0.25) is 0 Å². The molecule has 0 atom stereocenters. The van der Waals surface area contributed by atoms with Crippen molar-refractivity contribution in [1.29, 1.82) is 0 Å². The number of carbonyl (C=O) groups is 2. The number of aromatic nitrogens is 3. The van der Waals surface area contributed by atoms with Gasteiger partial charge in [-0.3, -0.25) is 14.3 Å². The molecular formula is C24H28ClN5O4. The summed E-state index contributed by atoms with van der Waals surface area (Å²) in [4.78, 5) is 31.2. The van der Waals surface area contributed by atoms with Crippen LogP contribution in [0.4, 0.5) is 5.82 Å². The van der Waals surface area contributed by atoms with E-state index in [1.165, 1.54) is 0 Å². The van der Waals surface area contributed by atoms with E-state index in [1.54, 1.807) is 25.6 Å². The fourth-order valence-electron chi connectivity index (χ4n) is 3.84. The number of esters is 1. The van der Waals surface area contributed by atoms with Crippen molar-refractivity contribution in [3.8, 4) is 11.1 Å². The average molecular weight is 486 g/mol. The maximum Gasteiger partial charge on any atom is 0.320 e. The summed E-state index contributed by atoms with van der Waals surface area (Å²) in [6.45, 7) is 6.64. The van der Waals surface area contributed by atoms with Gasteiger partial charge in [0.05, 0.1) is 24.3 Å². The highest BCUT2D eigenvalue weighted by molar-refractivity contribution is 6.26. The van der Waals surface area contributed by atoms with Crippen LogP contribution < -0.4 is 10.2 Å². The molecule has 1 aliphatic rings. The third-order valence-electron chi connectivity index (χ3n) is 5.64. The van der Waals surface area contributed by atoms with Crippen LogP contribution >= 0.6 is 11.6 Å². The zero-order valence-electron chi connectivity index (χ0n) is 19.5. The second-order valence-corrected chi connectivity index (χ2v) is 9.11. The van der Waals surface area contributed by atoms with Gasteiger partial charge in [-0.2, -0.15) is 5.10 Å². The normalized spacial score (nSPS) is 14.3. The molecule has 180 valence electrons. The number of amides is 1. The molecule has 0 saturated carbocycles. The first-order valence-electron chi connectivity index (χ1n) is 11.1. The molecule has 34 heavy (non-hydrogen) atoms. The van der Waals surface area contributed by atoms with Crippen molar-refractivity contribution >= 4 is 40.2 Å². The molecule has 0 spiro atoms. The van der Waals surface area contributed by atoms with Gasteiger partial charge in [-0.1, -0.05) is 6.07 Å². The number of rotatable bonds is 7. The van der Waals surface area contributed by atoms with Gasteiger partial charge in [0.1, 0.15) is 18.3 Å². The number of nitrogens with zero attached hydrogens (tertiary/aromatic N) is 4. The van der Waals surface area contributed by atoms with E-state index in [9.17, 15) is 9.59 Å². The summed E-state index contributed by atoms with van der Waals surface area (Å²) >= 11 is 5.47. The number of morpholine rings is 1. The Morgan fingerprint density at radius 2 is 1.91 bits per heavy atom. The van der Waals surface area contributed by atoms with Crippen molar-refractivity contribution in [3.63, 3.8) is 0 Å². The summed E-state index contributed by atoms with van der Waals surface area (Å²) in [6.07, 6.45) is 1.86. The molecule has 3 aromatic rings. The number of carbonyl (C=O) groups excluding carboxylic acids is 2. The Kier molecular flexibility index (Phi) is 7.04. The number of anilines is 1. The Morgan fingerprint density at radius 3 is 2.59 bits per heavy atom.